The third kappa shape index (κ3) is 3.98. The molecular weight excluding hydrogens is 307 g/mol. The second kappa shape index (κ2) is 6.54. The molecule has 2 atom stereocenters. The highest BCUT2D eigenvalue weighted by atomic mass is 19.4. The summed E-state index contributed by atoms with van der Waals surface area (Å²) in [6.07, 6.45) is -2.08. The van der Waals surface area contributed by atoms with Crippen LogP contribution in [0.25, 0.3) is 0 Å². The standard InChI is InChI=1S/C16H16F3N3O/c17-16(18,19)14-6-8-20-15(22-14)21-12-7-9-23-13(10-12)11-4-2-1-3-5-11/h1-6,8,12-13H,7,9-10H2,(H,20,21,22). The monoisotopic (exact) mass is 323 g/mol. The number of hydrogen-bond donors (Lipinski definition) is 1. The number of halogens is 3. The largest absolute Gasteiger partial charge is 0.433 e. The lowest BCUT2D eigenvalue weighted by atomic mass is 9.97. The predicted molar refractivity (Wildman–Crippen MR) is 78.8 cm³/mol. The van der Waals surface area contributed by atoms with Crippen LogP contribution < -0.4 is 5.32 Å². The van der Waals surface area contributed by atoms with E-state index in [4.69, 9.17) is 4.74 Å². The summed E-state index contributed by atoms with van der Waals surface area (Å²) in [6.45, 7) is 0.538. The predicted octanol–water partition coefficient (Wildman–Crippen LogP) is 3.83. The molecule has 3 rings (SSSR count). The van der Waals surface area contributed by atoms with Crippen LogP contribution in [0.4, 0.5) is 19.1 Å². The minimum absolute atomic E-state index is 0.00135. The van der Waals surface area contributed by atoms with Gasteiger partial charge in [0.15, 0.2) is 0 Å². The molecule has 2 heterocycles. The fourth-order valence-electron chi connectivity index (χ4n) is 2.60. The smallest absolute Gasteiger partial charge is 0.373 e. The molecule has 23 heavy (non-hydrogen) atoms. The summed E-state index contributed by atoms with van der Waals surface area (Å²) in [5.74, 6) is -0.00135. The number of nitrogens with one attached hydrogen (secondary N) is 1. The number of aromatic nitrogens is 2. The van der Waals surface area contributed by atoms with Crippen molar-refractivity contribution in [3.63, 3.8) is 0 Å². The van der Waals surface area contributed by atoms with E-state index in [-0.39, 0.29) is 18.1 Å². The van der Waals surface area contributed by atoms with Crippen molar-refractivity contribution in [1.82, 2.24) is 9.97 Å². The Morgan fingerprint density at radius 1 is 1.13 bits per heavy atom. The lowest BCUT2D eigenvalue weighted by Gasteiger charge is -2.30. The number of ether oxygens (including phenoxy) is 1. The summed E-state index contributed by atoms with van der Waals surface area (Å²) in [6, 6.07) is 10.6. The lowest BCUT2D eigenvalue weighted by molar-refractivity contribution is -0.141. The van der Waals surface area contributed by atoms with E-state index in [1.54, 1.807) is 0 Å². The zero-order valence-corrected chi connectivity index (χ0v) is 12.3. The van der Waals surface area contributed by atoms with Gasteiger partial charge >= 0.3 is 6.18 Å². The van der Waals surface area contributed by atoms with E-state index >= 15 is 0 Å². The molecule has 0 radical (unpaired) electrons. The molecule has 4 nitrogen and oxygen atoms in total. The maximum absolute atomic E-state index is 12.7. The second-order valence-corrected chi connectivity index (χ2v) is 5.40. The maximum atomic E-state index is 12.7. The van der Waals surface area contributed by atoms with E-state index in [1.165, 1.54) is 0 Å². The molecule has 122 valence electrons. The number of benzene rings is 1. The molecule has 1 fully saturated rings. The molecule has 0 saturated carbocycles. The van der Waals surface area contributed by atoms with E-state index < -0.39 is 11.9 Å². The zero-order valence-electron chi connectivity index (χ0n) is 12.3. The Kier molecular flexibility index (Phi) is 4.47. The van der Waals surface area contributed by atoms with Crippen molar-refractivity contribution in [2.45, 2.75) is 31.2 Å². The number of anilines is 1. The van der Waals surface area contributed by atoms with Crippen LogP contribution in [0.2, 0.25) is 0 Å². The number of rotatable bonds is 3. The van der Waals surface area contributed by atoms with Gasteiger partial charge < -0.3 is 10.1 Å². The van der Waals surface area contributed by atoms with Crippen molar-refractivity contribution >= 4 is 5.95 Å². The van der Waals surface area contributed by atoms with E-state index in [0.717, 1.165) is 17.8 Å². The first kappa shape index (κ1) is 15.7. The van der Waals surface area contributed by atoms with Crippen molar-refractivity contribution in [2.24, 2.45) is 0 Å². The van der Waals surface area contributed by atoms with Crippen LogP contribution in [-0.4, -0.2) is 22.6 Å². The first-order valence-corrected chi connectivity index (χ1v) is 7.36. The number of nitrogens with zero attached hydrogens (tertiary/aromatic N) is 2. The van der Waals surface area contributed by atoms with Gasteiger partial charge in [-0.1, -0.05) is 30.3 Å². The maximum Gasteiger partial charge on any atom is 0.433 e. The summed E-state index contributed by atoms with van der Waals surface area (Å²) in [5.41, 5.74) is 0.116. The Morgan fingerprint density at radius 2 is 1.91 bits per heavy atom. The molecule has 1 aliphatic heterocycles. The van der Waals surface area contributed by atoms with Crippen molar-refractivity contribution in [3.05, 3.63) is 53.9 Å². The van der Waals surface area contributed by atoms with Crippen molar-refractivity contribution in [1.29, 1.82) is 0 Å². The highest BCUT2D eigenvalue weighted by Gasteiger charge is 2.33. The van der Waals surface area contributed by atoms with Crippen molar-refractivity contribution < 1.29 is 17.9 Å². The average Bonchev–Trinajstić information content (AvgIpc) is 2.55. The molecule has 0 aliphatic carbocycles. The normalized spacial score (nSPS) is 21.9. The molecule has 2 aromatic rings. The van der Waals surface area contributed by atoms with Gasteiger partial charge in [-0.2, -0.15) is 13.2 Å². The van der Waals surface area contributed by atoms with Crippen LogP contribution in [0.15, 0.2) is 42.6 Å². The highest BCUT2D eigenvalue weighted by Crippen LogP contribution is 2.30. The van der Waals surface area contributed by atoms with Gasteiger partial charge in [-0.3, -0.25) is 0 Å². The topological polar surface area (TPSA) is 47.0 Å². The fraction of sp³-hybridized carbons (Fsp3) is 0.375. The minimum Gasteiger partial charge on any atom is -0.373 e. The second-order valence-electron chi connectivity index (χ2n) is 5.40. The van der Waals surface area contributed by atoms with Gasteiger partial charge in [0.2, 0.25) is 5.95 Å². The zero-order chi connectivity index (χ0) is 16.3. The molecule has 1 aromatic carbocycles. The van der Waals surface area contributed by atoms with Gasteiger partial charge in [0.1, 0.15) is 5.69 Å². The summed E-state index contributed by atoms with van der Waals surface area (Å²) < 4.78 is 43.8. The van der Waals surface area contributed by atoms with E-state index in [0.29, 0.717) is 19.4 Å². The first-order valence-electron chi connectivity index (χ1n) is 7.36. The average molecular weight is 323 g/mol. The third-order valence-corrected chi connectivity index (χ3v) is 3.73. The molecule has 2 unspecified atom stereocenters. The molecule has 1 N–H and O–H groups in total. The molecular formula is C16H16F3N3O. The Bertz CT molecular complexity index is 649. The van der Waals surface area contributed by atoms with Crippen LogP contribution >= 0.6 is 0 Å². The summed E-state index contributed by atoms with van der Waals surface area (Å²) in [7, 11) is 0. The van der Waals surface area contributed by atoms with Gasteiger partial charge in [-0.15, -0.1) is 0 Å². The van der Waals surface area contributed by atoms with Crippen molar-refractivity contribution in [3.8, 4) is 0 Å². The Labute approximate surface area is 131 Å². The van der Waals surface area contributed by atoms with Gasteiger partial charge in [0.25, 0.3) is 0 Å². The Morgan fingerprint density at radius 3 is 2.65 bits per heavy atom. The Hall–Kier alpha value is -2.15. The lowest BCUT2D eigenvalue weighted by Crippen LogP contribution is -2.31. The van der Waals surface area contributed by atoms with Gasteiger partial charge in [0.05, 0.1) is 6.10 Å². The van der Waals surface area contributed by atoms with Gasteiger partial charge in [-0.25, -0.2) is 9.97 Å². The molecule has 1 aromatic heterocycles. The van der Waals surface area contributed by atoms with Crippen LogP contribution in [0.5, 0.6) is 0 Å². The van der Waals surface area contributed by atoms with Crippen LogP contribution in [0, 0.1) is 0 Å². The van der Waals surface area contributed by atoms with Gasteiger partial charge in [0, 0.05) is 18.8 Å². The summed E-state index contributed by atoms with van der Waals surface area (Å²) in [4.78, 5) is 7.43. The third-order valence-electron chi connectivity index (χ3n) is 3.73. The summed E-state index contributed by atoms with van der Waals surface area (Å²) >= 11 is 0. The van der Waals surface area contributed by atoms with Crippen LogP contribution in [0.3, 0.4) is 0 Å². The molecule has 1 saturated heterocycles. The quantitative estimate of drug-likeness (QED) is 0.932. The molecule has 0 bridgehead atoms. The number of hydrogen-bond acceptors (Lipinski definition) is 4. The Balaban J connectivity index is 1.68. The molecule has 7 heteroatoms. The fourth-order valence-corrected chi connectivity index (χ4v) is 2.60. The van der Waals surface area contributed by atoms with Crippen molar-refractivity contribution in [2.75, 3.05) is 11.9 Å². The van der Waals surface area contributed by atoms with Gasteiger partial charge in [-0.05, 0) is 24.5 Å². The van der Waals surface area contributed by atoms with E-state index in [1.807, 2.05) is 30.3 Å². The van der Waals surface area contributed by atoms with E-state index in [9.17, 15) is 13.2 Å². The minimum atomic E-state index is -4.47. The van der Waals surface area contributed by atoms with E-state index in [2.05, 4.69) is 15.3 Å². The van der Waals surface area contributed by atoms with Crippen LogP contribution in [-0.2, 0) is 10.9 Å². The molecule has 1 aliphatic rings. The van der Waals surface area contributed by atoms with Crippen LogP contribution in [0.1, 0.15) is 30.2 Å². The number of alkyl halides is 3. The molecule has 0 amide bonds. The SMILES string of the molecule is FC(F)(F)c1ccnc(NC2CCOC(c3ccccc3)C2)n1. The molecule has 0 spiro atoms. The highest BCUT2D eigenvalue weighted by molar-refractivity contribution is 5.28. The summed E-state index contributed by atoms with van der Waals surface area (Å²) in [5, 5.41) is 2.99. The first-order chi connectivity index (χ1) is 11.0.